The van der Waals surface area contributed by atoms with Gasteiger partial charge in [0.2, 0.25) is 0 Å². The van der Waals surface area contributed by atoms with E-state index in [-0.39, 0.29) is 0 Å². The quantitative estimate of drug-likeness (QED) is 0.937. The average molecular weight is 282 g/mol. The second-order valence-electron chi connectivity index (χ2n) is 5.65. The number of nitrogens with zero attached hydrogens (tertiary/aromatic N) is 3. The van der Waals surface area contributed by atoms with Crippen molar-refractivity contribution in [2.45, 2.75) is 32.1 Å². The van der Waals surface area contributed by atoms with Crippen LogP contribution in [-0.4, -0.2) is 21.5 Å². The van der Waals surface area contributed by atoms with Gasteiger partial charge < -0.3 is 5.73 Å². The molecule has 4 nitrogen and oxygen atoms in total. The number of hydrogen-bond donors (Lipinski definition) is 1. The predicted molar refractivity (Wildman–Crippen MR) is 85.0 cm³/mol. The van der Waals surface area contributed by atoms with E-state index in [4.69, 9.17) is 5.73 Å². The SMILES string of the molecule is NC/C(=C/c1cnn(-c2ccccc2)n1)C1CCCCC1. The lowest BCUT2D eigenvalue weighted by Crippen LogP contribution is -2.16. The van der Waals surface area contributed by atoms with Crippen molar-refractivity contribution >= 4 is 6.08 Å². The van der Waals surface area contributed by atoms with Gasteiger partial charge in [-0.25, -0.2) is 0 Å². The second-order valence-corrected chi connectivity index (χ2v) is 5.65. The minimum absolute atomic E-state index is 0.614. The zero-order chi connectivity index (χ0) is 14.5. The van der Waals surface area contributed by atoms with Crippen molar-refractivity contribution in [2.75, 3.05) is 6.54 Å². The second kappa shape index (κ2) is 6.68. The fourth-order valence-electron chi connectivity index (χ4n) is 3.03. The van der Waals surface area contributed by atoms with Crippen molar-refractivity contribution < 1.29 is 0 Å². The first-order valence-corrected chi connectivity index (χ1v) is 7.75. The molecule has 1 aromatic carbocycles. The standard InChI is InChI=1S/C17H22N4/c18-12-15(14-7-3-1-4-8-14)11-16-13-19-21(20-16)17-9-5-2-6-10-17/h2,5-6,9-11,13-14H,1,3-4,7-8,12,18H2/b15-11-. The monoisotopic (exact) mass is 282 g/mol. The number of para-hydroxylation sites is 1. The van der Waals surface area contributed by atoms with Crippen molar-refractivity contribution in [3.63, 3.8) is 0 Å². The van der Waals surface area contributed by atoms with Crippen molar-refractivity contribution in [1.82, 2.24) is 15.0 Å². The van der Waals surface area contributed by atoms with Crippen LogP contribution in [-0.2, 0) is 0 Å². The molecule has 4 heteroatoms. The molecule has 1 aliphatic rings. The summed E-state index contributed by atoms with van der Waals surface area (Å²) in [4.78, 5) is 1.67. The van der Waals surface area contributed by atoms with E-state index in [9.17, 15) is 0 Å². The largest absolute Gasteiger partial charge is 0.327 e. The van der Waals surface area contributed by atoms with Gasteiger partial charge in [0.25, 0.3) is 0 Å². The first-order chi connectivity index (χ1) is 10.4. The Bertz CT molecular complexity index is 594. The molecule has 0 spiro atoms. The molecule has 0 aliphatic heterocycles. The molecule has 0 amide bonds. The molecule has 1 fully saturated rings. The Morgan fingerprint density at radius 1 is 1.19 bits per heavy atom. The Morgan fingerprint density at radius 2 is 1.95 bits per heavy atom. The number of rotatable bonds is 4. The maximum absolute atomic E-state index is 5.95. The lowest BCUT2D eigenvalue weighted by molar-refractivity contribution is 0.401. The molecule has 1 heterocycles. The Labute approximate surface area is 125 Å². The summed E-state index contributed by atoms with van der Waals surface area (Å²) < 4.78 is 0. The van der Waals surface area contributed by atoms with Crippen LogP contribution in [0.15, 0.2) is 42.1 Å². The third-order valence-electron chi connectivity index (χ3n) is 4.20. The third kappa shape index (κ3) is 3.39. The van der Waals surface area contributed by atoms with Gasteiger partial charge >= 0.3 is 0 Å². The summed E-state index contributed by atoms with van der Waals surface area (Å²) in [6.07, 6.45) is 10.5. The Morgan fingerprint density at radius 3 is 2.67 bits per heavy atom. The van der Waals surface area contributed by atoms with Crippen LogP contribution in [0.25, 0.3) is 11.8 Å². The van der Waals surface area contributed by atoms with Crippen LogP contribution in [0.2, 0.25) is 0 Å². The van der Waals surface area contributed by atoms with E-state index in [0.717, 1.165) is 11.4 Å². The highest BCUT2D eigenvalue weighted by Crippen LogP contribution is 2.30. The Balaban J connectivity index is 1.80. The van der Waals surface area contributed by atoms with E-state index >= 15 is 0 Å². The molecule has 21 heavy (non-hydrogen) atoms. The van der Waals surface area contributed by atoms with Gasteiger partial charge in [-0.1, -0.05) is 43.0 Å². The summed E-state index contributed by atoms with van der Waals surface area (Å²) in [6, 6.07) is 9.96. The Hall–Kier alpha value is -1.94. The first-order valence-electron chi connectivity index (χ1n) is 7.75. The van der Waals surface area contributed by atoms with Crippen molar-refractivity contribution in [2.24, 2.45) is 11.7 Å². The van der Waals surface area contributed by atoms with Crippen LogP contribution in [0, 0.1) is 5.92 Å². The van der Waals surface area contributed by atoms with Gasteiger partial charge in [0.1, 0.15) is 5.69 Å². The van der Waals surface area contributed by atoms with Gasteiger partial charge in [-0.15, -0.1) is 5.10 Å². The van der Waals surface area contributed by atoms with E-state index in [2.05, 4.69) is 16.3 Å². The summed E-state index contributed by atoms with van der Waals surface area (Å²) in [7, 11) is 0. The van der Waals surface area contributed by atoms with Gasteiger partial charge in [-0.3, -0.25) is 0 Å². The number of nitrogens with two attached hydrogens (primary N) is 1. The van der Waals surface area contributed by atoms with Crippen LogP contribution >= 0.6 is 0 Å². The summed E-state index contributed by atoms with van der Waals surface area (Å²) in [5.41, 5.74) is 9.13. The molecule has 0 saturated heterocycles. The molecule has 0 atom stereocenters. The van der Waals surface area contributed by atoms with Gasteiger partial charge in [-0.05, 0) is 37.0 Å². The van der Waals surface area contributed by atoms with Crippen LogP contribution < -0.4 is 5.73 Å². The van der Waals surface area contributed by atoms with Crippen LogP contribution in [0.3, 0.4) is 0 Å². The smallest absolute Gasteiger partial charge is 0.106 e. The van der Waals surface area contributed by atoms with E-state index in [1.807, 2.05) is 36.5 Å². The maximum atomic E-state index is 5.95. The first kappa shape index (κ1) is 14.0. The topological polar surface area (TPSA) is 56.7 Å². The van der Waals surface area contributed by atoms with E-state index < -0.39 is 0 Å². The highest BCUT2D eigenvalue weighted by Gasteiger charge is 2.17. The molecule has 2 aromatic rings. The van der Waals surface area contributed by atoms with Gasteiger partial charge in [-0.2, -0.15) is 9.90 Å². The van der Waals surface area contributed by atoms with E-state index in [1.54, 1.807) is 4.80 Å². The number of benzene rings is 1. The zero-order valence-corrected chi connectivity index (χ0v) is 12.3. The van der Waals surface area contributed by atoms with Crippen LogP contribution in [0.1, 0.15) is 37.8 Å². The lowest BCUT2D eigenvalue weighted by atomic mass is 9.83. The fraction of sp³-hybridized carbons (Fsp3) is 0.412. The molecule has 3 rings (SSSR count). The fourth-order valence-corrected chi connectivity index (χ4v) is 3.03. The predicted octanol–water partition coefficient (Wildman–Crippen LogP) is 3.19. The normalized spacial score (nSPS) is 17.1. The van der Waals surface area contributed by atoms with Crippen LogP contribution in [0.5, 0.6) is 0 Å². The minimum Gasteiger partial charge on any atom is -0.327 e. The summed E-state index contributed by atoms with van der Waals surface area (Å²) >= 11 is 0. The molecular formula is C17H22N4. The molecule has 0 unspecified atom stereocenters. The zero-order valence-electron chi connectivity index (χ0n) is 12.3. The summed E-state index contributed by atoms with van der Waals surface area (Å²) in [5.74, 6) is 0.630. The molecule has 2 N–H and O–H groups in total. The highest BCUT2D eigenvalue weighted by molar-refractivity contribution is 5.49. The molecule has 110 valence electrons. The van der Waals surface area contributed by atoms with Crippen molar-refractivity contribution in [3.05, 3.63) is 47.8 Å². The lowest BCUT2D eigenvalue weighted by Gasteiger charge is -2.23. The Kier molecular flexibility index (Phi) is 4.46. The van der Waals surface area contributed by atoms with Crippen molar-refractivity contribution in [3.8, 4) is 5.69 Å². The third-order valence-corrected chi connectivity index (χ3v) is 4.20. The van der Waals surface area contributed by atoms with Crippen LogP contribution in [0.4, 0.5) is 0 Å². The number of hydrogen-bond acceptors (Lipinski definition) is 3. The molecule has 1 saturated carbocycles. The molecular weight excluding hydrogens is 260 g/mol. The summed E-state index contributed by atoms with van der Waals surface area (Å²) in [5, 5.41) is 8.88. The summed E-state index contributed by atoms with van der Waals surface area (Å²) in [6.45, 7) is 0.614. The maximum Gasteiger partial charge on any atom is 0.106 e. The molecule has 0 radical (unpaired) electrons. The van der Waals surface area contributed by atoms with E-state index in [1.165, 1.54) is 37.7 Å². The molecule has 0 bridgehead atoms. The number of aromatic nitrogens is 3. The average Bonchev–Trinajstić information content (AvgIpc) is 3.03. The van der Waals surface area contributed by atoms with Gasteiger partial charge in [0.05, 0.1) is 11.9 Å². The van der Waals surface area contributed by atoms with Crippen molar-refractivity contribution in [1.29, 1.82) is 0 Å². The van der Waals surface area contributed by atoms with Gasteiger partial charge in [0, 0.05) is 6.54 Å². The van der Waals surface area contributed by atoms with E-state index in [0.29, 0.717) is 12.5 Å². The van der Waals surface area contributed by atoms with Gasteiger partial charge in [0.15, 0.2) is 0 Å². The molecule has 1 aromatic heterocycles. The highest BCUT2D eigenvalue weighted by atomic mass is 15.5. The minimum atomic E-state index is 0.614. The molecule has 1 aliphatic carbocycles.